The molecule has 1 atom stereocenters. The topological polar surface area (TPSA) is 51.2 Å². The molecule has 0 aromatic carbocycles. The fourth-order valence-electron chi connectivity index (χ4n) is 2.56. The van der Waals surface area contributed by atoms with Gasteiger partial charge >= 0.3 is 0 Å². The molecule has 2 aliphatic rings. The Morgan fingerprint density at radius 3 is 2.85 bits per heavy atom. The molecular weight excluding hydrogens is 252 g/mol. The summed E-state index contributed by atoms with van der Waals surface area (Å²) >= 11 is 0. The first-order valence-electron chi connectivity index (χ1n) is 7.62. The molecule has 0 spiro atoms. The lowest BCUT2D eigenvalue weighted by Crippen LogP contribution is -2.30. The zero-order chi connectivity index (χ0) is 13.8. The smallest absolute Gasteiger partial charge is 0.269 e. The second-order valence-electron chi connectivity index (χ2n) is 5.97. The third kappa shape index (κ3) is 3.79. The summed E-state index contributed by atoms with van der Waals surface area (Å²) in [5.41, 5.74) is 1.75. The molecule has 20 heavy (non-hydrogen) atoms. The highest BCUT2D eigenvalue weighted by Gasteiger charge is 2.20. The van der Waals surface area contributed by atoms with E-state index in [-0.39, 0.29) is 5.91 Å². The zero-order valence-corrected chi connectivity index (χ0v) is 11.8. The number of carbonyl (C=O) groups is 1. The number of ether oxygens (including phenoxy) is 1. The Morgan fingerprint density at radius 2 is 2.20 bits per heavy atom. The monoisotopic (exact) mass is 274 g/mol. The van der Waals surface area contributed by atoms with Crippen LogP contribution in [0.4, 0.5) is 0 Å². The van der Waals surface area contributed by atoms with E-state index < -0.39 is 0 Å². The summed E-state index contributed by atoms with van der Waals surface area (Å²) in [4.78, 5) is 16.3. The zero-order valence-electron chi connectivity index (χ0n) is 11.8. The van der Waals surface area contributed by atoms with Gasteiger partial charge in [-0.1, -0.05) is 18.9 Å². The molecule has 2 heterocycles. The van der Waals surface area contributed by atoms with E-state index in [0.717, 1.165) is 32.0 Å². The van der Waals surface area contributed by atoms with E-state index in [1.54, 1.807) is 0 Å². The van der Waals surface area contributed by atoms with Crippen LogP contribution in [0.25, 0.3) is 0 Å². The first-order valence-corrected chi connectivity index (χ1v) is 7.62. The Labute approximate surface area is 119 Å². The van der Waals surface area contributed by atoms with Gasteiger partial charge in [-0.05, 0) is 36.8 Å². The molecule has 1 aliphatic carbocycles. The molecular formula is C16H22N2O2. The van der Waals surface area contributed by atoms with Crippen LogP contribution in [0.15, 0.2) is 18.3 Å². The minimum absolute atomic E-state index is 0.0781. The van der Waals surface area contributed by atoms with Gasteiger partial charge in [0.1, 0.15) is 5.69 Å². The average molecular weight is 274 g/mol. The highest BCUT2D eigenvalue weighted by Crippen LogP contribution is 2.33. The summed E-state index contributed by atoms with van der Waals surface area (Å²) < 4.78 is 5.30. The van der Waals surface area contributed by atoms with E-state index in [9.17, 15) is 4.79 Å². The minimum Gasteiger partial charge on any atom is -0.381 e. The molecule has 2 fully saturated rings. The Kier molecular flexibility index (Phi) is 4.31. The van der Waals surface area contributed by atoms with Crippen molar-refractivity contribution in [3.63, 3.8) is 0 Å². The first-order chi connectivity index (χ1) is 9.81. The van der Waals surface area contributed by atoms with Crippen molar-refractivity contribution >= 4 is 5.91 Å². The van der Waals surface area contributed by atoms with Crippen molar-refractivity contribution in [2.24, 2.45) is 11.8 Å². The number of hydrogen-bond donors (Lipinski definition) is 1. The standard InChI is InChI=1S/C16H22N2O2/c19-16(18-10-14-7-8-20-11-14)15-6-5-13(9-17-15)4-3-12-1-2-12/h5-6,9,12,14H,1-4,7-8,10-11H2,(H,18,19). The molecule has 1 unspecified atom stereocenters. The van der Waals surface area contributed by atoms with E-state index in [4.69, 9.17) is 4.74 Å². The molecule has 1 N–H and O–H groups in total. The largest absolute Gasteiger partial charge is 0.381 e. The number of carbonyl (C=O) groups excluding carboxylic acids is 1. The summed E-state index contributed by atoms with van der Waals surface area (Å²) in [7, 11) is 0. The maximum atomic E-state index is 12.0. The van der Waals surface area contributed by atoms with Crippen LogP contribution in [0, 0.1) is 11.8 Å². The fourth-order valence-corrected chi connectivity index (χ4v) is 2.56. The van der Waals surface area contributed by atoms with Crippen LogP contribution in [0.5, 0.6) is 0 Å². The normalized spacial score (nSPS) is 21.9. The molecule has 3 rings (SSSR count). The van der Waals surface area contributed by atoms with Gasteiger partial charge in [-0.25, -0.2) is 0 Å². The van der Waals surface area contributed by atoms with E-state index >= 15 is 0 Å². The maximum absolute atomic E-state index is 12.0. The van der Waals surface area contributed by atoms with Crippen LogP contribution < -0.4 is 5.32 Å². The van der Waals surface area contributed by atoms with Crippen LogP contribution in [0.1, 0.15) is 41.7 Å². The van der Waals surface area contributed by atoms with Gasteiger partial charge in [-0.2, -0.15) is 0 Å². The molecule has 4 nitrogen and oxygen atoms in total. The Hall–Kier alpha value is -1.42. The Bertz CT molecular complexity index is 448. The summed E-state index contributed by atoms with van der Waals surface area (Å²) in [6, 6.07) is 3.87. The fraction of sp³-hybridized carbons (Fsp3) is 0.625. The van der Waals surface area contributed by atoms with Gasteiger partial charge in [0, 0.05) is 25.3 Å². The van der Waals surface area contributed by atoms with Crippen LogP contribution >= 0.6 is 0 Å². The van der Waals surface area contributed by atoms with Gasteiger partial charge < -0.3 is 10.1 Å². The van der Waals surface area contributed by atoms with Crippen LogP contribution in [0.2, 0.25) is 0 Å². The predicted octanol–water partition coefficient (Wildman–Crippen LogP) is 2.19. The molecule has 0 bridgehead atoms. The van der Waals surface area contributed by atoms with E-state index in [1.807, 2.05) is 18.3 Å². The van der Waals surface area contributed by atoms with Gasteiger partial charge in [0.15, 0.2) is 0 Å². The lowest BCUT2D eigenvalue weighted by Gasteiger charge is -2.09. The third-order valence-corrected chi connectivity index (χ3v) is 4.17. The Morgan fingerprint density at radius 1 is 1.30 bits per heavy atom. The van der Waals surface area contributed by atoms with E-state index in [1.165, 1.54) is 24.8 Å². The molecule has 1 aliphatic heterocycles. The number of hydrogen-bond acceptors (Lipinski definition) is 3. The molecule has 108 valence electrons. The number of aryl methyl sites for hydroxylation is 1. The van der Waals surface area contributed by atoms with Crippen LogP contribution in [0.3, 0.4) is 0 Å². The highest BCUT2D eigenvalue weighted by molar-refractivity contribution is 5.92. The van der Waals surface area contributed by atoms with E-state index in [2.05, 4.69) is 10.3 Å². The predicted molar refractivity (Wildman–Crippen MR) is 76.5 cm³/mol. The summed E-state index contributed by atoms with van der Waals surface area (Å²) in [6.07, 6.45) is 8.00. The second-order valence-corrected chi connectivity index (χ2v) is 5.97. The number of nitrogens with one attached hydrogen (secondary N) is 1. The van der Waals surface area contributed by atoms with Crippen molar-refractivity contribution in [3.8, 4) is 0 Å². The van der Waals surface area contributed by atoms with Gasteiger partial charge in [-0.15, -0.1) is 0 Å². The SMILES string of the molecule is O=C(NCC1CCOC1)c1ccc(CCC2CC2)cn1. The summed E-state index contributed by atoms with van der Waals surface area (Å²) in [6.45, 7) is 2.26. The minimum atomic E-state index is -0.0781. The van der Waals surface area contributed by atoms with Gasteiger partial charge in [-0.3, -0.25) is 9.78 Å². The summed E-state index contributed by atoms with van der Waals surface area (Å²) in [5, 5.41) is 2.94. The molecule has 1 saturated carbocycles. The number of amides is 1. The van der Waals surface area contributed by atoms with Crippen molar-refractivity contribution in [1.82, 2.24) is 10.3 Å². The molecule has 1 aromatic rings. The Balaban J connectivity index is 1.46. The molecule has 0 radical (unpaired) electrons. The van der Waals surface area contributed by atoms with Crippen molar-refractivity contribution < 1.29 is 9.53 Å². The van der Waals surface area contributed by atoms with Crippen molar-refractivity contribution in [1.29, 1.82) is 0 Å². The van der Waals surface area contributed by atoms with Crippen molar-refractivity contribution in [3.05, 3.63) is 29.6 Å². The molecule has 1 amide bonds. The highest BCUT2D eigenvalue weighted by atomic mass is 16.5. The second kappa shape index (κ2) is 6.35. The number of aromatic nitrogens is 1. The van der Waals surface area contributed by atoms with Crippen molar-refractivity contribution in [2.45, 2.75) is 32.1 Å². The van der Waals surface area contributed by atoms with E-state index in [0.29, 0.717) is 18.2 Å². The maximum Gasteiger partial charge on any atom is 0.269 e. The number of nitrogens with zero attached hydrogens (tertiary/aromatic N) is 1. The quantitative estimate of drug-likeness (QED) is 0.865. The lowest BCUT2D eigenvalue weighted by molar-refractivity contribution is 0.0940. The van der Waals surface area contributed by atoms with Crippen LogP contribution in [-0.2, 0) is 11.2 Å². The first kappa shape index (κ1) is 13.6. The lowest BCUT2D eigenvalue weighted by atomic mass is 10.1. The average Bonchev–Trinajstić information content (AvgIpc) is 3.17. The van der Waals surface area contributed by atoms with Gasteiger partial charge in [0.25, 0.3) is 5.91 Å². The number of pyridine rings is 1. The molecule has 4 heteroatoms. The summed E-state index contributed by atoms with van der Waals surface area (Å²) in [5.74, 6) is 1.31. The van der Waals surface area contributed by atoms with Gasteiger partial charge in [0.2, 0.25) is 0 Å². The molecule has 1 saturated heterocycles. The molecule has 1 aromatic heterocycles. The van der Waals surface area contributed by atoms with Gasteiger partial charge in [0.05, 0.1) is 6.61 Å². The third-order valence-electron chi connectivity index (χ3n) is 4.17. The van der Waals surface area contributed by atoms with Crippen LogP contribution in [-0.4, -0.2) is 30.6 Å². The number of rotatable bonds is 6. The van der Waals surface area contributed by atoms with Crippen molar-refractivity contribution in [2.75, 3.05) is 19.8 Å².